The second kappa shape index (κ2) is 13.9. The van der Waals surface area contributed by atoms with Gasteiger partial charge in [-0.15, -0.1) is 0 Å². The van der Waals surface area contributed by atoms with Crippen molar-refractivity contribution in [1.29, 1.82) is 0 Å². The van der Waals surface area contributed by atoms with E-state index in [4.69, 9.17) is 14.4 Å². The molecule has 0 aliphatic heterocycles. The molecule has 0 spiro atoms. The van der Waals surface area contributed by atoms with Crippen LogP contribution in [-0.2, 0) is 0 Å². The Kier molecular flexibility index (Phi) is 8.16. The number of nitrogens with zero attached hydrogens (tertiary/aromatic N) is 2. The summed E-state index contributed by atoms with van der Waals surface area (Å²) in [4.78, 5) is 10.6. The molecule has 55 heavy (non-hydrogen) atoms. The van der Waals surface area contributed by atoms with Gasteiger partial charge in [0.25, 0.3) is 0 Å². The van der Waals surface area contributed by atoms with Crippen LogP contribution in [0.3, 0.4) is 0 Å². The number of fused-ring (bicyclic) bond motifs is 3. The summed E-state index contributed by atoms with van der Waals surface area (Å²) in [6, 6.07) is 72.3. The SMILES string of the molecule is c1ccc(-c2cc(-c3cc(-c4ccc5oc6ccccc6c5c4)cc(-c4ccccc4-c4ccccc4)c3)nc(-c3ccccc3-c3ccccc3)n2)cc1. The Bertz CT molecular complexity index is 2970. The molecule has 0 aliphatic rings. The molecule has 3 nitrogen and oxygen atoms in total. The lowest BCUT2D eigenvalue weighted by Crippen LogP contribution is -1.98. The van der Waals surface area contributed by atoms with Gasteiger partial charge in [0.05, 0.1) is 11.4 Å². The zero-order valence-corrected chi connectivity index (χ0v) is 29.9. The summed E-state index contributed by atoms with van der Waals surface area (Å²) in [5.41, 5.74) is 15.5. The van der Waals surface area contributed by atoms with E-state index in [-0.39, 0.29) is 0 Å². The molecule has 10 rings (SSSR count). The molecule has 0 N–H and O–H groups in total. The van der Waals surface area contributed by atoms with Gasteiger partial charge in [-0.2, -0.15) is 0 Å². The first-order chi connectivity index (χ1) is 27.2. The highest BCUT2D eigenvalue weighted by atomic mass is 16.3. The van der Waals surface area contributed by atoms with Crippen molar-refractivity contribution >= 4 is 21.9 Å². The minimum Gasteiger partial charge on any atom is -0.456 e. The van der Waals surface area contributed by atoms with Crippen LogP contribution in [0, 0.1) is 0 Å². The monoisotopic (exact) mass is 702 g/mol. The number of rotatable bonds is 7. The van der Waals surface area contributed by atoms with Crippen LogP contribution in [0.5, 0.6) is 0 Å². The average Bonchev–Trinajstić information content (AvgIpc) is 3.65. The molecule has 0 saturated heterocycles. The topological polar surface area (TPSA) is 38.9 Å². The van der Waals surface area contributed by atoms with E-state index >= 15 is 0 Å². The van der Waals surface area contributed by atoms with E-state index in [2.05, 4.69) is 182 Å². The van der Waals surface area contributed by atoms with Crippen molar-refractivity contribution in [1.82, 2.24) is 9.97 Å². The smallest absolute Gasteiger partial charge is 0.161 e. The van der Waals surface area contributed by atoms with E-state index in [9.17, 15) is 0 Å². The third-order valence-corrected chi connectivity index (χ3v) is 10.3. The third-order valence-electron chi connectivity index (χ3n) is 10.3. The summed E-state index contributed by atoms with van der Waals surface area (Å²) in [6.07, 6.45) is 0. The van der Waals surface area contributed by atoms with Crippen molar-refractivity contribution in [3.63, 3.8) is 0 Å². The third kappa shape index (κ3) is 6.18. The number of hydrogen-bond donors (Lipinski definition) is 0. The molecule has 0 bridgehead atoms. The molecule has 0 saturated carbocycles. The first kappa shape index (κ1) is 32.3. The maximum Gasteiger partial charge on any atom is 0.161 e. The van der Waals surface area contributed by atoms with Gasteiger partial charge in [-0.25, -0.2) is 9.97 Å². The predicted molar refractivity (Wildman–Crippen MR) is 227 cm³/mol. The maximum absolute atomic E-state index is 6.23. The lowest BCUT2D eigenvalue weighted by atomic mass is 9.90. The highest BCUT2D eigenvalue weighted by molar-refractivity contribution is 6.06. The van der Waals surface area contributed by atoms with Crippen LogP contribution in [0.1, 0.15) is 0 Å². The fourth-order valence-electron chi connectivity index (χ4n) is 7.63. The summed E-state index contributed by atoms with van der Waals surface area (Å²) >= 11 is 0. The minimum absolute atomic E-state index is 0.679. The Labute approximate surface area is 319 Å². The quantitative estimate of drug-likeness (QED) is 0.166. The van der Waals surface area contributed by atoms with Crippen molar-refractivity contribution in [2.24, 2.45) is 0 Å². The highest BCUT2D eigenvalue weighted by Crippen LogP contribution is 2.40. The summed E-state index contributed by atoms with van der Waals surface area (Å²) in [7, 11) is 0. The van der Waals surface area contributed by atoms with E-state index in [1.807, 2.05) is 24.3 Å². The van der Waals surface area contributed by atoms with E-state index in [1.54, 1.807) is 0 Å². The molecule has 0 radical (unpaired) electrons. The van der Waals surface area contributed by atoms with Crippen LogP contribution in [0.25, 0.3) is 100 Å². The van der Waals surface area contributed by atoms with Crippen molar-refractivity contribution in [2.75, 3.05) is 0 Å². The standard InChI is InChI=1S/C52H34N2O/c1-4-16-35(17-5-1)42-22-10-11-24-44(42)40-30-39(38-28-29-51-47(33-38)45-25-14-15-27-50(45)55-51)31-41(32-40)49-34-48(37-20-8-3-9-21-37)53-52(54-49)46-26-13-12-23-43(46)36-18-6-2-7-19-36/h1-34H. The Hall–Kier alpha value is -7.36. The molecule has 0 atom stereocenters. The summed E-state index contributed by atoms with van der Waals surface area (Å²) in [6.45, 7) is 0. The first-order valence-electron chi connectivity index (χ1n) is 18.6. The zero-order valence-electron chi connectivity index (χ0n) is 29.9. The molecular formula is C52H34N2O. The number of aromatic nitrogens is 2. The molecule has 3 heteroatoms. The molecule has 10 aromatic rings. The Morgan fingerprint density at radius 3 is 1.42 bits per heavy atom. The molecule has 0 fully saturated rings. The van der Waals surface area contributed by atoms with Crippen molar-refractivity contribution < 1.29 is 4.42 Å². The Balaban J connectivity index is 1.22. The van der Waals surface area contributed by atoms with Crippen LogP contribution >= 0.6 is 0 Å². The van der Waals surface area contributed by atoms with Crippen LogP contribution in [0.4, 0.5) is 0 Å². The van der Waals surface area contributed by atoms with Crippen LogP contribution < -0.4 is 0 Å². The van der Waals surface area contributed by atoms with Gasteiger partial charge in [-0.3, -0.25) is 0 Å². The number of furan rings is 1. The van der Waals surface area contributed by atoms with Gasteiger partial charge >= 0.3 is 0 Å². The summed E-state index contributed by atoms with van der Waals surface area (Å²) in [5.74, 6) is 0.679. The molecule has 258 valence electrons. The van der Waals surface area contributed by atoms with Gasteiger partial charge in [0.15, 0.2) is 5.82 Å². The van der Waals surface area contributed by atoms with Gasteiger partial charge in [-0.05, 0) is 87.0 Å². The fraction of sp³-hybridized carbons (Fsp3) is 0. The summed E-state index contributed by atoms with van der Waals surface area (Å²) < 4.78 is 6.23. The zero-order chi connectivity index (χ0) is 36.6. The van der Waals surface area contributed by atoms with Crippen molar-refractivity contribution in [3.8, 4) is 78.4 Å². The molecule has 0 aliphatic carbocycles. The normalized spacial score (nSPS) is 11.3. The molecule has 0 unspecified atom stereocenters. The van der Waals surface area contributed by atoms with Gasteiger partial charge in [0.1, 0.15) is 11.2 Å². The second-order valence-corrected chi connectivity index (χ2v) is 13.8. The predicted octanol–water partition coefficient (Wildman–Crippen LogP) is 14.0. The average molecular weight is 703 g/mol. The molecule has 8 aromatic carbocycles. The molecular weight excluding hydrogens is 669 g/mol. The second-order valence-electron chi connectivity index (χ2n) is 13.8. The van der Waals surface area contributed by atoms with E-state index in [0.717, 1.165) is 83.4 Å². The van der Waals surface area contributed by atoms with Crippen molar-refractivity contribution in [3.05, 3.63) is 206 Å². The van der Waals surface area contributed by atoms with Crippen LogP contribution in [0.2, 0.25) is 0 Å². The lowest BCUT2D eigenvalue weighted by Gasteiger charge is -2.16. The van der Waals surface area contributed by atoms with E-state index in [1.165, 1.54) is 11.1 Å². The van der Waals surface area contributed by atoms with Gasteiger partial charge < -0.3 is 4.42 Å². The van der Waals surface area contributed by atoms with Gasteiger partial charge in [0, 0.05) is 27.5 Å². The van der Waals surface area contributed by atoms with E-state index < -0.39 is 0 Å². The number of hydrogen-bond acceptors (Lipinski definition) is 3. The van der Waals surface area contributed by atoms with Crippen molar-refractivity contribution in [2.45, 2.75) is 0 Å². The largest absolute Gasteiger partial charge is 0.456 e. The Morgan fingerprint density at radius 2 is 0.745 bits per heavy atom. The highest BCUT2D eigenvalue weighted by Gasteiger charge is 2.18. The molecule has 2 aromatic heterocycles. The Morgan fingerprint density at radius 1 is 0.273 bits per heavy atom. The van der Waals surface area contributed by atoms with Crippen LogP contribution in [-0.4, -0.2) is 9.97 Å². The molecule has 2 heterocycles. The van der Waals surface area contributed by atoms with E-state index in [0.29, 0.717) is 5.82 Å². The number of benzene rings is 8. The minimum atomic E-state index is 0.679. The van der Waals surface area contributed by atoms with Gasteiger partial charge in [-0.1, -0.05) is 164 Å². The maximum atomic E-state index is 6.23. The first-order valence-corrected chi connectivity index (χ1v) is 18.6. The molecule has 0 amide bonds. The fourth-order valence-corrected chi connectivity index (χ4v) is 7.63. The van der Waals surface area contributed by atoms with Gasteiger partial charge in [0.2, 0.25) is 0 Å². The summed E-state index contributed by atoms with van der Waals surface area (Å²) in [5, 5.41) is 2.20. The lowest BCUT2D eigenvalue weighted by molar-refractivity contribution is 0.669. The number of para-hydroxylation sites is 1. The van der Waals surface area contributed by atoms with Crippen LogP contribution in [0.15, 0.2) is 211 Å².